The molecule has 0 aliphatic carbocycles. The number of unbranched alkanes of at least 4 members (excludes halogenated alkanes) is 16. The minimum absolute atomic E-state index is 0.905. The van der Waals surface area contributed by atoms with Crippen molar-refractivity contribution in [2.75, 3.05) is 67.6 Å². The molecule has 0 fully saturated rings. The minimum Gasteiger partial charge on any atom is -0.370 e. The van der Waals surface area contributed by atoms with Crippen molar-refractivity contribution in [2.24, 2.45) is 0 Å². The summed E-state index contributed by atoms with van der Waals surface area (Å²) < 4.78 is 8.27. The lowest BCUT2D eigenvalue weighted by atomic mass is 10.1. The van der Waals surface area contributed by atoms with Gasteiger partial charge in [-0.25, -0.2) is 0 Å². The van der Waals surface area contributed by atoms with Crippen LogP contribution in [0.1, 0.15) is 129 Å². The monoisotopic (exact) mass is 471 g/mol. The van der Waals surface area contributed by atoms with Crippen molar-refractivity contribution >= 4 is 0 Å². The van der Waals surface area contributed by atoms with Crippen LogP contribution in [0.3, 0.4) is 0 Å². The van der Waals surface area contributed by atoms with E-state index in [1.54, 1.807) is 0 Å². The van der Waals surface area contributed by atoms with Crippen LogP contribution in [0.15, 0.2) is 0 Å². The molecular weight excluding hydrogens is 404 g/mol. The Morgan fingerprint density at radius 2 is 0.636 bits per heavy atom. The van der Waals surface area contributed by atoms with Gasteiger partial charge < -0.3 is 13.7 Å². The van der Waals surface area contributed by atoms with Gasteiger partial charge in [0, 0.05) is 0 Å². The predicted octanol–water partition coefficient (Wildman–Crippen LogP) is 8.22. The van der Waals surface area contributed by atoms with Crippen LogP contribution >= 0.6 is 0 Å². The first-order valence-electron chi connectivity index (χ1n) is 15.0. The third-order valence-corrected chi connectivity index (χ3v) is 7.42. The zero-order valence-electron chi connectivity index (χ0n) is 24.3. The summed E-state index contributed by atoms with van der Waals surface area (Å²) in [6.45, 7) is 11.3. The number of hydrogen-bond acceptors (Lipinski definition) is 1. The van der Waals surface area contributed by atoms with Gasteiger partial charge in [-0.1, -0.05) is 104 Å². The number of ether oxygens (including phenoxy) is 1. The van der Waals surface area contributed by atoms with Crippen molar-refractivity contribution < 1.29 is 13.7 Å². The van der Waals surface area contributed by atoms with Gasteiger partial charge in [0.05, 0.1) is 54.5 Å². The van der Waals surface area contributed by atoms with E-state index in [-0.39, 0.29) is 0 Å². The van der Waals surface area contributed by atoms with E-state index in [9.17, 15) is 0 Å². The van der Waals surface area contributed by atoms with Gasteiger partial charge in [-0.2, -0.15) is 0 Å². The molecular formula is C30H66N2O+2. The maximum atomic E-state index is 6.06. The Labute approximate surface area is 210 Å². The van der Waals surface area contributed by atoms with Gasteiger partial charge in [0.1, 0.15) is 13.1 Å². The average Bonchev–Trinajstić information content (AvgIpc) is 2.76. The van der Waals surface area contributed by atoms with Crippen LogP contribution < -0.4 is 0 Å². The molecule has 3 nitrogen and oxygen atoms in total. The van der Waals surface area contributed by atoms with E-state index in [4.69, 9.17) is 4.74 Å². The van der Waals surface area contributed by atoms with E-state index in [2.05, 4.69) is 42.0 Å². The van der Waals surface area contributed by atoms with Crippen molar-refractivity contribution in [1.29, 1.82) is 0 Å². The van der Waals surface area contributed by atoms with Gasteiger partial charge >= 0.3 is 0 Å². The summed E-state index contributed by atoms with van der Waals surface area (Å²) in [7, 11) is 9.49. The molecule has 0 amide bonds. The van der Waals surface area contributed by atoms with Gasteiger partial charge in [-0.3, -0.25) is 0 Å². The van der Waals surface area contributed by atoms with Gasteiger partial charge in [0.25, 0.3) is 0 Å². The van der Waals surface area contributed by atoms with Crippen molar-refractivity contribution in [2.45, 2.75) is 129 Å². The molecule has 0 aromatic rings. The van der Waals surface area contributed by atoms with Gasteiger partial charge in [0.15, 0.2) is 0 Å². The topological polar surface area (TPSA) is 9.23 Å². The quantitative estimate of drug-likeness (QED) is 0.0913. The fraction of sp³-hybridized carbons (Fsp3) is 1.00. The molecule has 0 heterocycles. The first kappa shape index (κ1) is 32.9. The summed E-state index contributed by atoms with van der Waals surface area (Å²) in [6.07, 6.45) is 25.5. The van der Waals surface area contributed by atoms with Crippen LogP contribution in [0.2, 0.25) is 0 Å². The van der Waals surface area contributed by atoms with Crippen molar-refractivity contribution in [3.05, 3.63) is 0 Å². The highest BCUT2D eigenvalue weighted by atomic mass is 16.5. The van der Waals surface area contributed by atoms with Gasteiger partial charge in [0.2, 0.25) is 0 Å². The van der Waals surface area contributed by atoms with Crippen molar-refractivity contribution in [1.82, 2.24) is 0 Å². The second-order valence-electron chi connectivity index (χ2n) is 12.0. The molecule has 0 aliphatic heterocycles. The second kappa shape index (κ2) is 22.4. The third-order valence-electron chi connectivity index (χ3n) is 7.42. The number of hydrogen-bond donors (Lipinski definition) is 0. The highest BCUT2D eigenvalue weighted by molar-refractivity contribution is 4.49. The minimum atomic E-state index is 0.905. The molecule has 0 aromatic heterocycles. The van der Waals surface area contributed by atoms with Crippen molar-refractivity contribution in [3.8, 4) is 0 Å². The van der Waals surface area contributed by atoms with Crippen LogP contribution in [0, 0.1) is 0 Å². The van der Waals surface area contributed by atoms with Crippen molar-refractivity contribution in [3.63, 3.8) is 0 Å². The second-order valence-corrected chi connectivity index (χ2v) is 12.0. The lowest BCUT2D eigenvalue weighted by Gasteiger charge is -2.31. The fourth-order valence-electron chi connectivity index (χ4n) is 4.65. The van der Waals surface area contributed by atoms with E-state index in [0.29, 0.717) is 0 Å². The van der Waals surface area contributed by atoms with Crippen LogP contribution in [0.4, 0.5) is 0 Å². The Morgan fingerprint density at radius 3 is 0.939 bits per heavy atom. The number of nitrogens with zero attached hydrogens (tertiary/aromatic N) is 2. The molecule has 3 heteroatoms. The maximum Gasteiger partial charge on any atom is 0.102 e. The lowest BCUT2D eigenvalue weighted by molar-refractivity contribution is -0.894. The Kier molecular flexibility index (Phi) is 22.3. The first-order valence-corrected chi connectivity index (χ1v) is 15.0. The zero-order chi connectivity index (χ0) is 24.7. The molecule has 0 aliphatic rings. The van der Waals surface area contributed by atoms with Crippen LogP contribution in [0.25, 0.3) is 0 Å². The first-order chi connectivity index (χ1) is 15.8. The van der Waals surface area contributed by atoms with Crippen LogP contribution in [-0.4, -0.2) is 76.5 Å². The average molecular weight is 471 g/mol. The summed E-state index contributed by atoms with van der Waals surface area (Å²) in [5.74, 6) is 0. The summed E-state index contributed by atoms with van der Waals surface area (Å²) in [5, 5.41) is 0. The highest BCUT2D eigenvalue weighted by Gasteiger charge is 2.16. The standard InChI is InChI=1S/C30H66N2O/c1-7-9-11-13-15-17-19-21-23-25-31(3,4)27-29-33-30-28-32(5,6)26-24-22-20-18-16-14-12-10-8-2/h7-30H2,1-6H3/q+2. The third kappa shape index (κ3) is 24.8. The predicted molar refractivity (Wildman–Crippen MR) is 149 cm³/mol. The molecule has 0 saturated carbocycles. The Balaban J connectivity index is 3.57. The molecule has 0 N–H and O–H groups in total. The Hall–Kier alpha value is -0.120. The van der Waals surface area contributed by atoms with Crippen LogP contribution in [-0.2, 0) is 4.74 Å². The zero-order valence-corrected chi connectivity index (χ0v) is 24.3. The van der Waals surface area contributed by atoms with E-state index in [0.717, 1.165) is 35.3 Å². The molecule has 200 valence electrons. The Morgan fingerprint density at radius 1 is 0.364 bits per heavy atom. The SMILES string of the molecule is CCCCCCCCCCC[N+](C)(C)CCOCC[N+](C)(C)CCCCCCCCCCC. The van der Waals surface area contributed by atoms with Crippen LogP contribution in [0.5, 0.6) is 0 Å². The summed E-state index contributed by atoms with van der Waals surface area (Å²) >= 11 is 0. The molecule has 0 atom stereocenters. The molecule has 0 rings (SSSR count). The van der Waals surface area contributed by atoms with E-state index in [1.165, 1.54) is 129 Å². The maximum absolute atomic E-state index is 6.06. The molecule has 0 spiro atoms. The molecule has 0 saturated heterocycles. The fourth-order valence-corrected chi connectivity index (χ4v) is 4.65. The smallest absolute Gasteiger partial charge is 0.102 e. The largest absolute Gasteiger partial charge is 0.370 e. The molecule has 0 aromatic carbocycles. The number of quaternary nitrogens is 2. The van der Waals surface area contributed by atoms with Gasteiger partial charge in [-0.15, -0.1) is 0 Å². The summed E-state index contributed by atoms with van der Waals surface area (Å²) in [5.41, 5.74) is 0. The lowest BCUT2D eigenvalue weighted by Crippen LogP contribution is -2.45. The van der Waals surface area contributed by atoms with E-state index in [1.807, 2.05) is 0 Å². The molecule has 0 unspecified atom stereocenters. The van der Waals surface area contributed by atoms with E-state index < -0.39 is 0 Å². The molecule has 33 heavy (non-hydrogen) atoms. The number of likely N-dealkylation sites (N-methyl/N-ethyl adjacent to an activating group) is 2. The van der Waals surface area contributed by atoms with E-state index >= 15 is 0 Å². The Bertz CT molecular complexity index is 359. The highest BCUT2D eigenvalue weighted by Crippen LogP contribution is 2.12. The molecule has 0 bridgehead atoms. The summed E-state index contributed by atoms with van der Waals surface area (Å²) in [4.78, 5) is 0. The summed E-state index contributed by atoms with van der Waals surface area (Å²) in [6, 6.07) is 0. The molecule has 0 radical (unpaired) electrons. The normalized spacial score (nSPS) is 12.5. The number of rotatable bonds is 26. The van der Waals surface area contributed by atoms with Gasteiger partial charge in [-0.05, 0) is 25.7 Å².